The standard InChI is InChI=1S/C27H44O4/c1-17(2)25(29)12-7-18(3)23-10-11-24-19(6-5-13-27(23,24)4)14-26-22-15-21(28)9-8-20(22)16-30-31-26/h14,17-18,21,23-26,28-29H,5-13,15-16H2,1-4H3/t18-,21+,23-,24+,25-,26-,27-/m1/s1. The molecule has 3 aliphatic carbocycles. The number of aliphatic hydroxyl groups is 2. The van der Waals surface area contributed by atoms with Gasteiger partial charge in [-0.15, -0.1) is 0 Å². The molecule has 2 N–H and O–H groups in total. The van der Waals surface area contributed by atoms with Crippen molar-refractivity contribution in [1.82, 2.24) is 0 Å². The van der Waals surface area contributed by atoms with Gasteiger partial charge in [-0.25, -0.2) is 9.78 Å². The Labute approximate surface area is 189 Å². The molecule has 0 aromatic carbocycles. The zero-order valence-corrected chi connectivity index (χ0v) is 20.1. The van der Waals surface area contributed by atoms with E-state index in [1.54, 1.807) is 5.57 Å². The molecule has 0 aromatic rings. The zero-order chi connectivity index (χ0) is 22.2. The second-order valence-corrected chi connectivity index (χ2v) is 11.5. The summed E-state index contributed by atoms with van der Waals surface area (Å²) in [4.78, 5) is 11.3. The molecular formula is C27H44O4. The van der Waals surface area contributed by atoms with Crippen molar-refractivity contribution >= 4 is 0 Å². The van der Waals surface area contributed by atoms with Crippen molar-refractivity contribution in [2.45, 2.75) is 110 Å². The van der Waals surface area contributed by atoms with Crippen molar-refractivity contribution in [2.24, 2.45) is 29.1 Å². The van der Waals surface area contributed by atoms with Gasteiger partial charge in [-0.2, -0.15) is 0 Å². The quantitative estimate of drug-likeness (QED) is 0.415. The lowest BCUT2D eigenvalue weighted by molar-refractivity contribution is -0.310. The topological polar surface area (TPSA) is 58.9 Å². The number of hydrogen-bond acceptors (Lipinski definition) is 4. The number of rotatable bonds is 6. The van der Waals surface area contributed by atoms with Crippen LogP contribution in [-0.4, -0.2) is 35.1 Å². The molecule has 0 amide bonds. The molecule has 0 saturated heterocycles. The summed E-state index contributed by atoms with van der Waals surface area (Å²) < 4.78 is 0. The van der Waals surface area contributed by atoms with Crippen molar-refractivity contribution in [3.8, 4) is 0 Å². The van der Waals surface area contributed by atoms with Crippen LogP contribution in [0.3, 0.4) is 0 Å². The Kier molecular flexibility index (Phi) is 7.32. The molecule has 4 heteroatoms. The highest BCUT2D eigenvalue weighted by atomic mass is 17.2. The second-order valence-electron chi connectivity index (χ2n) is 11.5. The average molecular weight is 433 g/mol. The van der Waals surface area contributed by atoms with Crippen molar-refractivity contribution in [3.63, 3.8) is 0 Å². The predicted octanol–water partition coefficient (Wildman–Crippen LogP) is 5.73. The van der Waals surface area contributed by atoms with Crippen LogP contribution in [0, 0.1) is 29.1 Å². The molecule has 0 spiro atoms. The van der Waals surface area contributed by atoms with E-state index in [0.29, 0.717) is 29.8 Å². The van der Waals surface area contributed by atoms with Gasteiger partial charge in [0.05, 0.1) is 12.2 Å². The Morgan fingerprint density at radius 2 is 1.94 bits per heavy atom. The van der Waals surface area contributed by atoms with Gasteiger partial charge in [0.15, 0.2) is 0 Å². The largest absolute Gasteiger partial charge is 0.393 e. The van der Waals surface area contributed by atoms with Crippen LogP contribution in [0.4, 0.5) is 0 Å². The number of aliphatic hydroxyl groups excluding tert-OH is 2. The van der Waals surface area contributed by atoms with E-state index >= 15 is 0 Å². The first-order chi connectivity index (χ1) is 14.8. The fourth-order valence-corrected chi connectivity index (χ4v) is 7.23. The lowest BCUT2D eigenvalue weighted by atomic mass is 9.60. The van der Waals surface area contributed by atoms with Gasteiger partial charge in [0.2, 0.25) is 0 Å². The minimum Gasteiger partial charge on any atom is -0.393 e. The van der Waals surface area contributed by atoms with Gasteiger partial charge in [0, 0.05) is 0 Å². The Bertz CT molecular complexity index is 695. The monoisotopic (exact) mass is 432 g/mol. The third kappa shape index (κ3) is 4.83. The molecular weight excluding hydrogens is 388 g/mol. The molecule has 176 valence electrons. The van der Waals surface area contributed by atoms with Crippen molar-refractivity contribution in [1.29, 1.82) is 0 Å². The molecule has 1 aliphatic heterocycles. The van der Waals surface area contributed by atoms with Gasteiger partial charge < -0.3 is 10.2 Å². The van der Waals surface area contributed by atoms with Crippen LogP contribution in [0.25, 0.3) is 0 Å². The summed E-state index contributed by atoms with van der Waals surface area (Å²) in [7, 11) is 0. The third-order valence-corrected chi connectivity index (χ3v) is 9.21. The summed E-state index contributed by atoms with van der Waals surface area (Å²) in [6.07, 6.45) is 12.7. The average Bonchev–Trinajstić information content (AvgIpc) is 3.10. The maximum Gasteiger partial charge on any atom is 0.133 e. The van der Waals surface area contributed by atoms with Gasteiger partial charge in [0.1, 0.15) is 12.7 Å². The molecule has 31 heavy (non-hydrogen) atoms. The fourth-order valence-electron chi connectivity index (χ4n) is 7.23. The van der Waals surface area contributed by atoms with E-state index in [2.05, 4.69) is 33.8 Å². The van der Waals surface area contributed by atoms with Gasteiger partial charge >= 0.3 is 0 Å². The molecule has 0 radical (unpaired) electrons. The summed E-state index contributed by atoms with van der Waals surface area (Å²) in [5.41, 5.74) is 4.53. The zero-order valence-electron chi connectivity index (χ0n) is 20.1. The Morgan fingerprint density at radius 1 is 1.13 bits per heavy atom. The summed E-state index contributed by atoms with van der Waals surface area (Å²) in [6, 6.07) is 0. The lowest BCUT2D eigenvalue weighted by Gasteiger charge is -2.45. The lowest BCUT2D eigenvalue weighted by Crippen LogP contribution is -2.37. The smallest absolute Gasteiger partial charge is 0.133 e. The van der Waals surface area contributed by atoms with Gasteiger partial charge in [0.25, 0.3) is 0 Å². The van der Waals surface area contributed by atoms with Crippen LogP contribution in [0.5, 0.6) is 0 Å². The van der Waals surface area contributed by atoms with Crippen molar-refractivity contribution < 1.29 is 20.0 Å². The van der Waals surface area contributed by atoms with Crippen LogP contribution >= 0.6 is 0 Å². The molecule has 0 unspecified atom stereocenters. The third-order valence-electron chi connectivity index (χ3n) is 9.21. The highest BCUT2D eigenvalue weighted by Crippen LogP contribution is 2.60. The number of fused-ring (bicyclic) bond motifs is 1. The van der Waals surface area contributed by atoms with E-state index in [4.69, 9.17) is 9.78 Å². The highest BCUT2D eigenvalue weighted by molar-refractivity contribution is 5.31. The van der Waals surface area contributed by atoms with E-state index in [1.807, 2.05) is 0 Å². The van der Waals surface area contributed by atoms with Crippen LogP contribution in [-0.2, 0) is 9.78 Å². The molecule has 0 bridgehead atoms. The van der Waals surface area contributed by atoms with Crippen molar-refractivity contribution in [3.05, 3.63) is 22.8 Å². The predicted molar refractivity (Wildman–Crippen MR) is 123 cm³/mol. The van der Waals surface area contributed by atoms with Crippen molar-refractivity contribution in [2.75, 3.05) is 6.61 Å². The fraction of sp³-hybridized carbons (Fsp3) is 0.852. The first-order valence-corrected chi connectivity index (χ1v) is 12.9. The molecule has 4 nitrogen and oxygen atoms in total. The van der Waals surface area contributed by atoms with E-state index in [1.165, 1.54) is 43.3 Å². The Morgan fingerprint density at radius 3 is 2.71 bits per heavy atom. The minimum atomic E-state index is -0.240. The molecule has 2 fully saturated rings. The van der Waals surface area contributed by atoms with Crippen LogP contribution in [0.1, 0.15) is 91.9 Å². The van der Waals surface area contributed by atoms with E-state index in [9.17, 15) is 10.2 Å². The molecule has 0 aromatic heterocycles. The number of hydrogen-bond donors (Lipinski definition) is 2. The molecule has 4 aliphatic rings. The summed E-state index contributed by atoms with van der Waals surface area (Å²) >= 11 is 0. The van der Waals surface area contributed by atoms with Gasteiger partial charge in [-0.1, -0.05) is 33.3 Å². The molecule has 2 saturated carbocycles. The highest BCUT2D eigenvalue weighted by Gasteiger charge is 2.50. The second kappa shape index (κ2) is 9.67. The SMILES string of the molecule is CC(C)[C@H](O)CC[C@@H](C)[C@H]1CC[C@H]2C(=C[C@H]3OOCC4=C3C[C@@H](O)CC4)CCC[C@]12C. The van der Waals surface area contributed by atoms with E-state index in [-0.39, 0.29) is 18.3 Å². The van der Waals surface area contributed by atoms with E-state index < -0.39 is 0 Å². The summed E-state index contributed by atoms with van der Waals surface area (Å²) in [5, 5.41) is 20.5. The van der Waals surface area contributed by atoms with Gasteiger partial charge in [-0.3, -0.25) is 0 Å². The summed E-state index contributed by atoms with van der Waals surface area (Å²) in [6.45, 7) is 9.74. The van der Waals surface area contributed by atoms with Crippen LogP contribution in [0.15, 0.2) is 22.8 Å². The van der Waals surface area contributed by atoms with Crippen LogP contribution in [0.2, 0.25) is 0 Å². The summed E-state index contributed by atoms with van der Waals surface area (Å²) in [5.74, 6) is 2.36. The first kappa shape index (κ1) is 23.5. The van der Waals surface area contributed by atoms with E-state index in [0.717, 1.165) is 38.0 Å². The van der Waals surface area contributed by atoms with Crippen LogP contribution < -0.4 is 0 Å². The van der Waals surface area contributed by atoms with Gasteiger partial charge in [-0.05, 0) is 111 Å². The maximum absolute atomic E-state index is 10.3. The molecule has 7 atom stereocenters. The molecule has 1 heterocycles. The Hall–Kier alpha value is -0.680. The maximum atomic E-state index is 10.3. The minimum absolute atomic E-state index is 0.117. The molecule has 4 rings (SSSR count). The normalized spacial score (nSPS) is 39.5. The first-order valence-electron chi connectivity index (χ1n) is 12.9. The number of allylic oxidation sites excluding steroid dienone is 1. The Balaban J connectivity index is 1.48.